The van der Waals surface area contributed by atoms with Gasteiger partial charge in [-0.2, -0.15) is 0 Å². The molecule has 2 amide bonds. The molecule has 5 rings (SSSR count). The normalized spacial score (nSPS) is 19.6. The van der Waals surface area contributed by atoms with E-state index in [9.17, 15) is 14.7 Å². The van der Waals surface area contributed by atoms with Crippen LogP contribution < -0.4 is 9.64 Å². The first kappa shape index (κ1) is 24.2. The summed E-state index contributed by atoms with van der Waals surface area (Å²) >= 11 is 0. The summed E-state index contributed by atoms with van der Waals surface area (Å²) in [5, 5.41) is 12.1. The van der Waals surface area contributed by atoms with E-state index in [4.69, 9.17) is 4.74 Å². The Bertz CT molecular complexity index is 1150. The first-order valence-corrected chi connectivity index (χ1v) is 12.7. The molecule has 36 heavy (non-hydrogen) atoms. The molecule has 2 fully saturated rings. The fraction of sp³-hybridized carbons (Fsp3) is 0.333. The van der Waals surface area contributed by atoms with Gasteiger partial charge in [0, 0.05) is 0 Å². The van der Waals surface area contributed by atoms with Gasteiger partial charge in [-0.05, 0) is 74.2 Å². The predicted molar refractivity (Wildman–Crippen MR) is 139 cm³/mol. The van der Waals surface area contributed by atoms with Crippen molar-refractivity contribution in [3.8, 4) is 5.75 Å². The fourth-order valence-corrected chi connectivity index (χ4v) is 5.68. The van der Waals surface area contributed by atoms with Crippen LogP contribution in [-0.4, -0.2) is 47.6 Å². The van der Waals surface area contributed by atoms with Gasteiger partial charge in [0.1, 0.15) is 11.4 Å². The van der Waals surface area contributed by atoms with E-state index in [1.165, 1.54) is 4.90 Å². The van der Waals surface area contributed by atoms with Crippen LogP contribution in [0.15, 0.2) is 84.9 Å². The van der Waals surface area contributed by atoms with Crippen molar-refractivity contribution in [2.45, 2.75) is 37.8 Å². The molecular formula is C30H32N2O4. The van der Waals surface area contributed by atoms with Gasteiger partial charge >= 0.3 is 0 Å². The van der Waals surface area contributed by atoms with Crippen LogP contribution in [0.5, 0.6) is 5.75 Å². The van der Waals surface area contributed by atoms with Crippen LogP contribution in [0.4, 0.5) is 5.69 Å². The highest BCUT2D eigenvalue weighted by Gasteiger charge is 2.46. The van der Waals surface area contributed by atoms with Crippen molar-refractivity contribution in [1.29, 1.82) is 0 Å². The van der Waals surface area contributed by atoms with Gasteiger partial charge in [0.05, 0.1) is 24.8 Å². The van der Waals surface area contributed by atoms with E-state index in [1.54, 1.807) is 24.3 Å². The van der Waals surface area contributed by atoms with Crippen LogP contribution in [0.1, 0.15) is 37.3 Å². The van der Waals surface area contributed by atoms with Crippen LogP contribution in [-0.2, 0) is 15.2 Å². The Morgan fingerprint density at radius 3 is 1.94 bits per heavy atom. The number of carbonyl (C=O) groups excluding carboxylic acids is 2. The first-order valence-electron chi connectivity index (χ1n) is 12.7. The summed E-state index contributed by atoms with van der Waals surface area (Å²) in [5.41, 5.74) is 1.22. The van der Waals surface area contributed by atoms with Gasteiger partial charge < -0.3 is 9.84 Å². The lowest BCUT2D eigenvalue weighted by Crippen LogP contribution is -2.49. The quantitative estimate of drug-likeness (QED) is 0.505. The molecule has 1 N–H and O–H groups in total. The van der Waals surface area contributed by atoms with Gasteiger partial charge in [-0.1, -0.05) is 60.7 Å². The fourth-order valence-electron chi connectivity index (χ4n) is 5.68. The van der Waals surface area contributed by atoms with Crippen molar-refractivity contribution in [2.75, 3.05) is 24.6 Å². The maximum atomic E-state index is 13.3. The highest BCUT2D eigenvalue weighted by molar-refractivity contribution is 6.22. The minimum Gasteiger partial charge on any atom is -0.494 e. The predicted octanol–water partition coefficient (Wildman–Crippen LogP) is 4.37. The number of rotatable bonds is 7. The Morgan fingerprint density at radius 1 is 0.861 bits per heavy atom. The lowest BCUT2D eigenvalue weighted by atomic mass is 9.72. The van der Waals surface area contributed by atoms with Gasteiger partial charge in [-0.15, -0.1) is 0 Å². The largest absolute Gasteiger partial charge is 0.494 e. The average molecular weight is 485 g/mol. The molecule has 0 spiro atoms. The van der Waals surface area contributed by atoms with Crippen molar-refractivity contribution in [3.05, 3.63) is 96.1 Å². The maximum absolute atomic E-state index is 13.3. The molecule has 2 aliphatic heterocycles. The molecule has 3 aromatic carbocycles. The zero-order valence-electron chi connectivity index (χ0n) is 20.5. The Labute approximate surface area is 212 Å². The number of anilines is 1. The molecule has 1 atom stereocenters. The summed E-state index contributed by atoms with van der Waals surface area (Å²) in [4.78, 5) is 29.6. The Kier molecular flexibility index (Phi) is 6.90. The number of piperidine rings is 1. The zero-order chi connectivity index (χ0) is 25.1. The molecule has 3 aromatic rings. The van der Waals surface area contributed by atoms with Gasteiger partial charge in [0.25, 0.3) is 5.91 Å². The van der Waals surface area contributed by atoms with Crippen molar-refractivity contribution < 1.29 is 19.4 Å². The summed E-state index contributed by atoms with van der Waals surface area (Å²) < 4.78 is 5.48. The van der Waals surface area contributed by atoms with Crippen molar-refractivity contribution >= 4 is 17.5 Å². The Hall–Kier alpha value is -3.48. The summed E-state index contributed by atoms with van der Waals surface area (Å²) in [7, 11) is 0. The van der Waals surface area contributed by atoms with Gasteiger partial charge in [-0.3, -0.25) is 14.5 Å². The molecule has 0 bridgehead atoms. The number of amides is 2. The zero-order valence-corrected chi connectivity index (χ0v) is 20.5. The third-order valence-electron chi connectivity index (χ3n) is 7.52. The van der Waals surface area contributed by atoms with Crippen LogP contribution >= 0.6 is 0 Å². The first-order chi connectivity index (χ1) is 17.5. The van der Waals surface area contributed by atoms with E-state index in [0.717, 1.165) is 24.0 Å². The number of likely N-dealkylation sites (tertiary alicyclic amines) is 1. The van der Waals surface area contributed by atoms with E-state index in [-0.39, 0.29) is 24.2 Å². The van der Waals surface area contributed by atoms with Crippen LogP contribution in [0, 0.1) is 5.92 Å². The van der Waals surface area contributed by atoms with Crippen molar-refractivity contribution in [3.63, 3.8) is 0 Å². The smallest absolute Gasteiger partial charge is 0.251 e. The molecule has 6 heteroatoms. The number of aliphatic hydroxyl groups is 1. The van der Waals surface area contributed by atoms with E-state index in [1.807, 2.05) is 67.6 Å². The second-order valence-corrected chi connectivity index (χ2v) is 9.52. The molecule has 0 aromatic heterocycles. The number of hydrogen-bond donors (Lipinski definition) is 1. The highest BCUT2D eigenvalue weighted by Crippen LogP contribution is 2.42. The average Bonchev–Trinajstić information content (AvgIpc) is 3.23. The molecule has 186 valence electrons. The number of nitrogens with zero attached hydrogens (tertiary/aromatic N) is 2. The number of imide groups is 1. The van der Waals surface area contributed by atoms with E-state index in [2.05, 4.69) is 4.90 Å². The summed E-state index contributed by atoms with van der Waals surface area (Å²) in [6.45, 7) is 3.76. The second-order valence-electron chi connectivity index (χ2n) is 9.52. The molecule has 2 aliphatic rings. The van der Waals surface area contributed by atoms with E-state index in [0.29, 0.717) is 31.1 Å². The third-order valence-corrected chi connectivity index (χ3v) is 7.52. The van der Waals surface area contributed by atoms with Gasteiger partial charge in [0.15, 0.2) is 0 Å². The summed E-state index contributed by atoms with van der Waals surface area (Å²) in [5.74, 6) is 0.349. The minimum absolute atomic E-state index is 0.00651. The number of benzene rings is 3. The molecule has 0 aliphatic carbocycles. The Morgan fingerprint density at radius 2 is 1.42 bits per heavy atom. The van der Waals surface area contributed by atoms with Crippen LogP contribution in [0.2, 0.25) is 0 Å². The Balaban J connectivity index is 1.31. The van der Waals surface area contributed by atoms with Crippen molar-refractivity contribution in [1.82, 2.24) is 4.90 Å². The van der Waals surface area contributed by atoms with E-state index < -0.39 is 11.6 Å². The summed E-state index contributed by atoms with van der Waals surface area (Å²) in [6.07, 6.45) is 1.63. The molecule has 0 saturated carbocycles. The minimum atomic E-state index is -1.11. The molecule has 6 nitrogen and oxygen atoms in total. The monoisotopic (exact) mass is 484 g/mol. The topological polar surface area (TPSA) is 70.1 Å². The summed E-state index contributed by atoms with van der Waals surface area (Å²) in [6, 6.07) is 26.3. The van der Waals surface area contributed by atoms with Crippen LogP contribution in [0.25, 0.3) is 0 Å². The molecule has 0 unspecified atom stereocenters. The standard InChI is InChI=1S/C30H32N2O4/c1-2-36-26-15-13-25(14-16-26)32-28(33)21-27(29(32)34)31-19-17-24(18-20-31)30(35,22-9-5-3-6-10-22)23-11-7-4-8-12-23/h3-16,24,27,35H,2,17-21H2,1H3/t27-/m1/s1. The lowest BCUT2D eigenvalue weighted by molar-refractivity contribution is -0.123. The SMILES string of the molecule is CCOc1ccc(N2C(=O)C[C@@H](N3CCC(C(O)(c4ccccc4)c4ccccc4)CC3)C2=O)cc1. The molecule has 2 heterocycles. The van der Waals surface area contributed by atoms with Gasteiger partial charge in [-0.25, -0.2) is 4.90 Å². The number of carbonyl (C=O) groups is 2. The van der Waals surface area contributed by atoms with Crippen LogP contribution in [0.3, 0.4) is 0 Å². The van der Waals surface area contributed by atoms with Crippen molar-refractivity contribution in [2.24, 2.45) is 5.92 Å². The van der Waals surface area contributed by atoms with Gasteiger partial charge in [0.2, 0.25) is 5.91 Å². The maximum Gasteiger partial charge on any atom is 0.251 e. The third kappa shape index (κ3) is 4.43. The highest BCUT2D eigenvalue weighted by atomic mass is 16.5. The number of hydrogen-bond acceptors (Lipinski definition) is 5. The molecular weight excluding hydrogens is 452 g/mol. The lowest BCUT2D eigenvalue weighted by Gasteiger charge is -2.43. The number of ether oxygens (including phenoxy) is 1. The van der Waals surface area contributed by atoms with E-state index >= 15 is 0 Å². The molecule has 2 saturated heterocycles. The molecule has 0 radical (unpaired) electrons. The second kappa shape index (κ2) is 10.2.